The number of rotatable bonds is 11. The van der Waals surface area contributed by atoms with Crippen molar-refractivity contribution >= 4 is 39.1 Å². The number of halogens is 2. The molecule has 0 aliphatic rings. The zero-order chi connectivity index (χ0) is 30.3. The van der Waals surface area contributed by atoms with Crippen LogP contribution in [0.15, 0.2) is 108 Å². The molecule has 4 aromatic carbocycles. The molecule has 0 spiro atoms. The fraction of sp³-hybridized carbons (Fsp3) is 0.188. The molecule has 0 aromatic heterocycles. The Hall–Kier alpha value is -4.21. The summed E-state index contributed by atoms with van der Waals surface area (Å²) < 4.78 is 42.7. The summed E-state index contributed by atoms with van der Waals surface area (Å²) in [6, 6.07) is 26.9. The first kappa shape index (κ1) is 30.7. The minimum Gasteiger partial charge on any atom is -0.357 e. The molecule has 1 atom stereocenters. The molecule has 0 radical (unpaired) electrons. The second kappa shape index (κ2) is 13.6. The Bertz CT molecular complexity index is 1640. The molecule has 4 aromatic rings. The van der Waals surface area contributed by atoms with Gasteiger partial charge in [-0.25, -0.2) is 12.8 Å². The smallest absolute Gasteiger partial charge is 0.264 e. The number of carbonyl (C=O) groups is 2. The highest BCUT2D eigenvalue weighted by atomic mass is 35.5. The van der Waals surface area contributed by atoms with E-state index in [-0.39, 0.29) is 28.6 Å². The Morgan fingerprint density at radius 3 is 2.10 bits per heavy atom. The Kier molecular flexibility index (Phi) is 9.98. The van der Waals surface area contributed by atoms with Gasteiger partial charge in [0.25, 0.3) is 10.0 Å². The summed E-state index contributed by atoms with van der Waals surface area (Å²) in [5.74, 6) is -1.76. The summed E-state index contributed by atoms with van der Waals surface area (Å²) in [7, 11) is -2.81. The van der Waals surface area contributed by atoms with E-state index in [1.165, 1.54) is 30.1 Å². The summed E-state index contributed by atoms with van der Waals surface area (Å²) in [6.45, 7) is 1.33. The normalized spacial score (nSPS) is 11.9. The maximum absolute atomic E-state index is 14.2. The van der Waals surface area contributed by atoms with Crippen LogP contribution < -0.4 is 9.62 Å². The molecule has 0 unspecified atom stereocenters. The van der Waals surface area contributed by atoms with Gasteiger partial charge in [0.05, 0.1) is 15.6 Å². The summed E-state index contributed by atoms with van der Waals surface area (Å²) >= 11 is 6.03. The van der Waals surface area contributed by atoms with Crippen LogP contribution in [-0.2, 0) is 32.6 Å². The van der Waals surface area contributed by atoms with E-state index in [4.69, 9.17) is 11.6 Å². The summed E-state index contributed by atoms with van der Waals surface area (Å²) in [4.78, 5) is 28.8. The van der Waals surface area contributed by atoms with Crippen LogP contribution >= 0.6 is 11.6 Å². The van der Waals surface area contributed by atoms with Gasteiger partial charge in [-0.2, -0.15) is 0 Å². The number of aryl methyl sites for hydroxylation is 1. The first-order valence-electron chi connectivity index (χ1n) is 13.2. The van der Waals surface area contributed by atoms with Crippen LogP contribution in [0, 0.1) is 12.7 Å². The van der Waals surface area contributed by atoms with E-state index < -0.39 is 40.2 Å². The van der Waals surface area contributed by atoms with Crippen molar-refractivity contribution in [2.45, 2.75) is 30.8 Å². The second-order valence-electron chi connectivity index (χ2n) is 9.75. The van der Waals surface area contributed by atoms with Gasteiger partial charge in [0, 0.05) is 20.0 Å². The third-order valence-electron chi connectivity index (χ3n) is 6.79. The number of hydrogen-bond acceptors (Lipinski definition) is 4. The van der Waals surface area contributed by atoms with Gasteiger partial charge in [-0.15, -0.1) is 0 Å². The largest absolute Gasteiger partial charge is 0.357 e. The van der Waals surface area contributed by atoms with Crippen LogP contribution in [0.3, 0.4) is 0 Å². The lowest BCUT2D eigenvalue weighted by Gasteiger charge is -2.33. The Morgan fingerprint density at radius 1 is 0.881 bits per heavy atom. The molecule has 218 valence electrons. The van der Waals surface area contributed by atoms with Gasteiger partial charge in [0.1, 0.15) is 18.4 Å². The van der Waals surface area contributed by atoms with Crippen molar-refractivity contribution in [3.05, 3.63) is 131 Å². The molecule has 1 N–H and O–H groups in total. The molecule has 0 heterocycles. The zero-order valence-electron chi connectivity index (χ0n) is 23.2. The number of sulfonamides is 1. The fourth-order valence-electron chi connectivity index (χ4n) is 4.50. The lowest BCUT2D eigenvalue weighted by atomic mass is 10.0. The number of amides is 2. The highest BCUT2D eigenvalue weighted by Crippen LogP contribution is 2.28. The van der Waals surface area contributed by atoms with Crippen molar-refractivity contribution < 1.29 is 22.4 Å². The summed E-state index contributed by atoms with van der Waals surface area (Å²) in [5, 5.41) is 2.35. The van der Waals surface area contributed by atoms with E-state index in [2.05, 4.69) is 5.32 Å². The fourth-order valence-corrected chi connectivity index (χ4v) is 6.10. The molecule has 0 aliphatic heterocycles. The lowest BCUT2D eigenvalue weighted by Crippen LogP contribution is -2.53. The van der Waals surface area contributed by atoms with E-state index >= 15 is 0 Å². The van der Waals surface area contributed by atoms with Crippen molar-refractivity contribution in [3.8, 4) is 0 Å². The number of likely N-dealkylation sites (N-methyl/N-ethyl adjacent to an activating group) is 1. The lowest BCUT2D eigenvalue weighted by molar-refractivity contribution is -0.139. The summed E-state index contributed by atoms with van der Waals surface area (Å²) in [5.41, 5.74) is 2.62. The van der Waals surface area contributed by atoms with Gasteiger partial charge in [0.15, 0.2) is 0 Å². The summed E-state index contributed by atoms with van der Waals surface area (Å²) in [6.07, 6.45) is 0.200. The van der Waals surface area contributed by atoms with Crippen molar-refractivity contribution in [3.63, 3.8) is 0 Å². The molecule has 7 nitrogen and oxygen atoms in total. The zero-order valence-corrected chi connectivity index (χ0v) is 24.8. The van der Waals surface area contributed by atoms with Crippen molar-refractivity contribution in [2.75, 3.05) is 17.9 Å². The molecule has 42 heavy (non-hydrogen) atoms. The molecule has 2 amide bonds. The van der Waals surface area contributed by atoms with Crippen LogP contribution in [0.25, 0.3) is 0 Å². The van der Waals surface area contributed by atoms with Crippen molar-refractivity contribution in [1.82, 2.24) is 10.2 Å². The Balaban J connectivity index is 1.79. The molecule has 0 saturated carbocycles. The van der Waals surface area contributed by atoms with Crippen LogP contribution in [0.5, 0.6) is 0 Å². The Morgan fingerprint density at radius 2 is 1.50 bits per heavy atom. The van der Waals surface area contributed by atoms with Gasteiger partial charge in [-0.05, 0) is 48.4 Å². The predicted octanol–water partition coefficient (Wildman–Crippen LogP) is 5.37. The number of carbonyl (C=O) groups excluding carboxylic acids is 2. The maximum atomic E-state index is 14.2. The second-order valence-corrected chi connectivity index (χ2v) is 12.0. The number of benzene rings is 4. The molecule has 10 heteroatoms. The molecule has 0 fully saturated rings. The Labute approximate surface area is 250 Å². The van der Waals surface area contributed by atoms with Crippen LogP contribution in [0.4, 0.5) is 10.1 Å². The minimum absolute atomic E-state index is 0.00782. The minimum atomic E-state index is -4.30. The SMILES string of the molecule is CNC(=O)[C@@H](Cc1ccccc1)N(Cc1ccc(C)cc1)C(=O)CN(c1ccc(F)c(Cl)c1)S(=O)(=O)c1ccccc1. The van der Waals surface area contributed by atoms with Crippen LogP contribution in [-0.4, -0.2) is 44.8 Å². The van der Waals surface area contributed by atoms with E-state index in [9.17, 15) is 22.4 Å². The number of nitrogens with zero attached hydrogens (tertiary/aromatic N) is 2. The van der Waals surface area contributed by atoms with Gasteiger partial charge < -0.3 is 10.2 Å². The maximum Gasteiger partial charge on any atom is 0.264 e. The van der Waals surface area contributed by atoms with E-state index in [0.717, 1.165) is 33.1 Å². The third kappa shape index (κ3) is 7.35. The highest BCUT2D eigenvalue weighted by Gasteiger charge is 2.34. The number of nitrogens with one attached hydrogen (secondary N) is 1. The first-order valence-corrected chi connectivity index (χ1v) is 15.1. The van der Waals surface area contributed by atoms with Gasteiger partial charge in [-0.3, -0.25) is 13.9 Å². The average molecular weight is 608 g/mol. The number of anilines is 1. The molecular weight excluding hydrogens is 577 g/mol. The molecular formula is C32H31ClFN3O4S. The third-order valence-corrected chi connectivity index (χ3v) is 8.87. The van der Waals surface area contributed by atoms with E-state index in [0.29, 0.717) is 0 Å². The standard InChI is InChI=1S/C32H31ClFN3O4S/c1-23-13-15-25(16-14-23)21-36(30(32(39)35-2)19-24-9-5-3-6-10-24)31(38)22-37(26-17-18-29(34)28(33)20-26)42(40,41)27-11-7-4-8-12-27/h3-18,20,30H,19,21-22H2,1-2H3,(H,35,39)/t30-/m1/s1. The first-order chi connectivity index (χ1) is 20.1. The monoisotopic (exact) mass is 607 g/mol. The molecule has 4 rings (SSSR count). The molecule has 0 aliphatic carbocycles. The predicted molar refractivity (Wildman–Crippen MR) is 162 cm³/mol. The van der Waals surface area contributed by atoms with Crippen LogP contribution in [0.2, 0.25) is 5.02 Å². The van der Waals surface area contributed by atoms with E-state index in [1.807, 2.05) is 61.5 Å². The van der Waals surface area contributed by atoms with Crippen LogP contribution in [0.1, 0.15) is 16.7 Å². The van der Waals surface area contributed by atoms with Gasteiger partial charge in [-0.1, -0.05) is 90.0 Å². The molecule has 0 bridgehead atoms. The van der Waals surface area contributed by atoms with Gasteiger partial charge >= 0.3 is 0 Å². The quantitative estimate of drug-likeness (QED) is 0.248. The topological polar surface area (TPSA) is 86.8 Å². The highest BCUT2D eigenvalue weighted by molar-refractivity contribution is 7.92. The molecule has 0 saturated heterocycles. The van der Waals surface area contributed by atoms with Crippen molar-refractivity contribution in [2.24, 2.45) is 0 Å². The van der Waals surface area contributed by atoms with Gasteiger partial charge in [0.2, 0.25) is 11.8 Å². The number of hydrogen-bond donors (Lipinski definition) is 1. The van der Waals surface area contributed by atoms with Crippen molar-refractivity contribution in [1.29, 1.82) is 0 Å². The van der Waals surface area contributed by atoms with E-state index in [1.54, 1.807) is 18.2 Å². The average Bonchev–Trinajstić information content (AvgIpc) is 3.00.